The van der Waals surface area contributed by atoms with Crippen LogP contribution in [0.2, 0.25) is 0 Å². The minimum atomic E-state index is 0.0485. The van der Waals surface area contributed by atoms with Crippen molar-refractivity contribution in [3.8, 4) is 5.88 Å². The van der Waals surface area contributed by atoms with E-state index in [1.54, 1.807) is 12.1 Å². The van der Waals surface area contributed by atoms with Gasteiger partial charge >= 0.3 is 0 Å². The van der Waals surface area contributed by atoms with Crippen molar-refractivity contribution in [2.45, 2.75) is 19.3 Å². The quantitative estimate of drug-likeness (QED) is 0.359. The van der Waals surface area contributed by atoms with Crippen LogP contribution in [0.3, 0.4) is 0 Å². The summed E-state index contributed by atoms with van der Waals surface area (Å²) >= 11 is 0. The van der Waals surface area contributed by atoms with Crippen LogP contribution in [-0.4, -0.2) is 47.2 Å². The summed E-state index contributed by atoms with van der Waals surface area (Å²) in [7, 11) is 0. The number of piperidine rings is 1. The van der Waals surface area contributed by atoms with Gasteiger partial charge in [-0.2, -0.15) is 0 Å². The van der Waals surface area contributed by atoms with E-state index >= 15 is 0 Å². The number of nitrogens with zero attached hydrogens (tertiary/aromatic N) is 3. The topological polar surface area (TPSA) is 84.0 Å². The number of ether oxygens (including phenoxy) is 1. The number of pyridine rings is 1. The smallest absolute Gasteiger partial charge is 0.213 e. The summed E-state index contributed by atoms with van der Waals surface area (Å²) in [5.74, 6) is 0.610. The fourth-order valence-electron chi connectivity index (χ4n) is 2.14. The molecule has 1 aliphatic heterocycles. The molecule has 6 heteroatoms. The van der Waals surface area contributed by atoms with Crippen LogP contribution in [0.15, 0.2) is 23.5 Å². The molecule has 2 rings (SSSR count). The van der Waals surface area contributed by atoms with E-state index in [1.165, 1.54) is 38.5 Å². The second-order valence-electron chi connectivity index (χ2n) is 4.62. The van der Waals surface area contributed by atoms with Crippen LogP contribution in [0.5, 0.6) is 5.88 Å². The minimum absolute atomic E-state index is 0.0485. The lowest BCUT2D eigenvalue weighted by Gasteiger charge is -2.25. The second-order valence-corrected chi connectivity index (χ2v) is 4.62. The standard InChI is InChI=1S/C13H20N4O2/c14-13(16-18)11-4-5-12(15-10-11)19-9-8-17-6-2-1-3-7-17/h4-5,10,18H,1-3,6-9H2,(H2,14,16). The fourth-order valence-corrected chi connectivity index (χ4v) is 2.14. The van der Waals surface area contributed by atoms with Crippen LogP contribution in [0, 0.1) is 0 Å². The van der Waals surface area contributed by atoms with Crippen molar-refractivity contribution < 1.29 is 9.94 Å². The molecule has 0 atom stereocenters. The Bertz CT molecular complexity index is 413. The molecular weight excluding hydrogens is 244 g/mol. The van der Waals surface area contributed by atoms with Gasteiger partial charge in [0.05, 0.1) is 0 Å². The second kappa shape index (κ2) is 6.94. The minimum Gasteiger partial charge on any atom is -0.476 e. The van der Waals surface area contributed by atoms with Gasteiger partial charge in [0.15, 0.2) is 5.84 Å². The average Bonchev–Trinajstić information content (AvgIpc) is 2.48. The summed E-state index contributed by atoms with van der Waals surface area (Å²) in [4.78, 5) is 6.53. The Kier molecular flexibility index (Phi) is 4.97. The van der Waals surface area contributed by atoms with Gasteiger partial charge in [-0.1, -0.05) is 11.6 Å². The molecular formula is C13H20N4O2. The maximum atomic E-state index is 8.54. The molecule has 0 amide bonds. The monoisotopic (exact) mass is 264 g/mol. The molecule has 19 heavy (non-hydrogen) atoms. The van der Waals surface area contributed by atoms with Crippen molar-refractivity contribution in [3.63, 3.8) is 0 Å². The molecule has 0 unspecified atom stereocenters. The summed E-state index contributed by atoms with van der Waals surface area (Å²) in [6.07, 6.45) is 5.44. The Morgan fingerprint density at radius 2 is 2.16 bits per heavy atom. The predicted octanol–water partition coefficient (Wildman–Crippen LogP) is 1.04. The zero-order chi connectivity index (χ0) is 13.5. The Morgan fingerprint density at radius 3 is 2.79 bits per heavy atom. The molecule has 1 fully saturated rings. The van der Waals surface area contributed by atoms with E-state index in [-0.39, 0.29) is 5.84 Å². The number of oxime groups is 1. The number of hydrogen-bond acceptors (Lipinski definition) is 5. The van der Waals surface area contributed by atoms with E-state index in [0.717, 1.165) is 6.54 Å². The highest BCUT2D eigenvalue weighted by Gasteiger charge is 2.09. The van der Waals surface area contributed by atoms with Crippen molar-refractivity contribution >= 4 is 5.84 Å². The van der Waals surface area contributed by atoms with Gasteiger partial charge in [-0.15, -0.1) is 0 Å². The third-order valence-corrected chi connectivity index (χ3v) is 3.25. The SMILES string of the molecule is N/C(=N/O)c1ccc(OCCN2CCCCC2)nc1. The van der Waals surface area contributed by atoms with E-state index in [1.807, 2.05) is 0 Å². The molecule has 1 aromatic heterocycles. The van der Waals surface area contributed by atoms with Gasteiger partial charge in [-0.25, -0.2) is 4.98 Å². The molecule has 1 saturated heterocycles. The zero-order valence-electron chi connectivity index (χ0n) is 11.0. The molecule has 0 radical (unpaired) electrons. The lowest BCUT2D eigenvalue weighted by molar-refractivity contribution is 0.180. The van der Waals surface area contributed by atoms with Crippen LogP contribution in [0.4, 0.5) is 0 Å². The van der Waals surface area contributed by atoms with E-state index < -0.39 is 0 Å². The van der Waals surface area contributed by atoms with Crippen molar-refractivity contribution in [2.75, 3.05) is 26.2 Å². The van der Waals surface area contributed by atoms with Gasteiger partial charge in [0.25, 0.3) is 0 Å². The molecule has 1 aliphatic rings. The molecule has 0 saturated carbocycles. The van der Waals surface area contributed by atoms with Gasteiger partial charge in [0.1, 0.15) is 6.61 Å². The Balaban J connectivity index is 1.76. The van der Waals surface area contributed by atoms with E-state index in [0.29, 0.717) is 18.1 Å². The maximum Gasteiger partial charge on any atom is 0.213 e. The van der Waals surface area contributed by atoms with Gasteiger partial charge in [0, 0.05) is 24.4 Å². The Morgan fingerprint density at radius 1 is 1.37 bits per heavy atom. The number of amidine groups is 1. The van der Waals surface area contributed by atoms with E-state index in [4.69, 9.17) is 15.7 Å². The molecule has 2 heterocycles. The highest BCUT2D eigenvalue weighted by atomic mass is 16.5. The normalized spacial score (nSPS) is 17.4. The third kappa shape index (κ3) is 4.10. The van der Waals surface area contributed by atoms with Crippen molar-refractivity contribution in [1.82, 2.24) is 9.88 Å². The van der Waals surface area contributed by atoms with Crippen molar-refractivity contribution in [2.24, 2.45) is 10.9 Å². The Hall–Kier alpha value is -1.82. The number of aromatic nitrogens is 1. The van der Waals surface area contributed by atoms with Gasteiger partial charge in [-0.05, 0) is 32.0 Å². The zero-order valence-corrected chi connectivity index (χ0v) is 11.0. The third-order valence-electron chi connectivity index (χ3n) is 3.25. The fraction of sp³-hybridized carbons (Fsp3) is 0.538. The molecule has 1 aromatic rings. The number of nitrogens with two attached hydrogens (primary N) is 1. The predicted molar refractivity (Wildman–Crippen MR) is 72.5 cm³/mol. The van der Waals surface area contributed by atoms with Crippen molar-refractivity contribution in [1.29, 1.82) is 0 Å². The summed E-state index contributed by atoms with van der Waals surface area (Å²) in [6, 6.07) is 3.45. The average molecular weight is 264 g/mol. The van der Waals surface area contributed by atoms with Gasteiger partial charge in [-0.3, -0.25) is 4.90 Å². The van der Waals surface area contributed by atoms with Crippen LogP contribution in [0.25, 0.3) is 0 Å². The molecule has 0 spiro atoms. The number of likely N-dealkylation sites (tertiary alicyclic amines) is 1. The number of rotatable bonds is 5. The van der Waals surface area contributed by atoms with Gasteiger partial charge < -0.3 is 15.7 Å². The molecule has 0 aromatic carbocycles. The van der Waals surface area contributed by atoms with Crippen LogP contribution in [-0.2, 0) is 0 Å². The Labute approximate surface area is 112 Å². The first-order valence-electron chi connectivity index (χ1n) is 6.58. The molecule has 6 nitrogen and oxygen atoms in total. The number of hydrogen-bond donors (Lipinski definition) is 2. The van der Waals surface area contributed by atoms with Crippen LogP contribution < -0.4 is 10.5 Å². The summed E-state index contributed by atoms with van der Waals surface area (Å²) in [6.45, 7) is 3.90. The van der Waals surface area contributed by atoms with Crippen LogP contribution in [0.1, 0.15) is 24.8 Å². The molecule has 3 N–H and O–H groups in total. The highest BCUT2D eigenvalue weighted by Crippen LogP contribution is 2.10. The molecule has 0 bridgehead atoms. The molecule has 104 valence electrons. The first-order valence-corrected chi connectivity index (χ1v) is 6.58. The van der Waals surface area contributed by atoms with E-state index in [2.05, 4.69) is 15.0 Å². The summed E-state index contributed by atoms with van der Waals surface area (Å²) < 4.78 is 5.58. The maximum absolute atomic E-state index is 8.54. The van der Waals surface area contributed by atoms with Crippen molar-refractivity contribution in [3.05, 3.63) is 23.9 Å². The van der Waals surface area contributed by atoms with E-state index in [9.17, 15) is 0 Å². The van der Waals surface area contributed by atoms with Gasteiger partial charge in [0.2, 0.25) is 5.88 Å². The van der Waals surface area contributed by atoms with Crippen LogP contribution >= 0.6 is 0 Å². The summed E-state index contributed by atoms with van der Waals surface area (Å²) in [5.41, 5.74) is 6.03. The largest absolute Gasteiger partial charge is 0.476 e. The highest BCUT2D eigenvalue weighted by molar-refractivity contribution is 5.96. The lowest BCUT2D eigenvalue weighted by atomic mass is 10.1. The lowest BCUT2D eigenvalue weighted by Crippen LogP contribution is -2.33. The summed E-state index contributed by atoms with van der Waals surface area (Å²) in [5, 5.41) is 11.5. The first kappa shape index (κ1) is 13.6. The first-order chi connectivity index (χ1) is 9.29. The molecule has 0 aliphatic carbocycles.